The van der Waals surface area contributed by atoms with Crippen LogP contribution in [0.5, 0.6) is 0 Å². The SMILES string of the molecule is Nc1c(CCO)[nH]c(CCO)c(N)c1=O. The maximum absolute atomic E-state index is 11.5. The molecule has 0 aliphatic rings. The molecule has 84 valence electrons. The molecule has 15 heavy (non-hydrogen) atoms. The summed E-state index contributed by atoms with van der Waals surface area (Å²) < 4.78 is 0. The lowest BCUT2D eigenvalue weighted by Gasteiger charge is -2.10. The van der Waals surface area contributed by atoms with Crippen molar-refractivity contribution in [2.24, 2.45) is 0 Å². The van der Waals surface area contributed by atoms with Crippen molar-refractivity contribution in [1.82, 2.24) is 4.98 Å². The zero-order chi connectivity index (χ0) is 11.4. The van der Waals surface area contributed by atoms with Gasteiger partial charge in [0, 0.05) is 37.4 Å². The monoisotopic (exact) mass is 213 g/mol. The maximum Gasteiger partial charge on any atom is 0.227 e. The van der Waals surface area contributed by atoms with E-state index in [2.05, 4.69) is 4.98 Å². The van der Waals surface area contributed by atoms with Crippen molar-refractivity contribution in [3.05, 3.63) is 21.6 Å². The van der Waals surface area contributed by atoms with E-state index in [4.69, 9.17) is 21.7 Å². The second kappa shape index (κ2) is 4.81. The molecule has 0 spiro atoms. The molecule has 0 saturated carbocycles. The van der Waals surface area contributed by atoms with E-state index < -0.39 is 5.43 Å². The largest absolute Gasteiger partial charge is 0.396 e. The fourth-order valence-corrected chi connectivity index (χ4v) is 1.35. The molecule has 1 rings (SSSR count). The summed E-state index contributed by atoms with van der Waals surface area (Å²) >= 11 is 0. The quantitative estimate of drug-likeness (QED) is 0.421. The average molecular weight is 213 g/mol. The molecule has 6 heteroatoms. The molecule has 7 N–H and O–H groups in total. The highest BCUT2D eigenvalue weighted by Gasteiger charge is 2.11. The molecule has 0 unspecified atom stereocenters. The van der Waals surface area contributed by atoms with Gasteiger partial charge in [-0.25, -0.2) is 0 Å². The van der Waals surface area contributed by atoms with Crippen LogP contribution in [0.25, 0.3) is 0 Å². The Hall–Kier alpha value is -1.53. The van der Waals surface area contributed by atoms with Gasteiger partial charge in [0.1, 0.15) is 11.4 Å². The highest BCUT2D eigenvalue weighted by atomic mass is 16.3. The molecular formula is C9H15N3O3. The van der Waals surface area contributed by atoms with Crippen molar-refractivity contribution < 1.29 is 10.2 Å². The van der Waals surface area contributed by atoms with E-state index in [0.717, 1.165) is 0 Å². The van der Waals surface area contributed by atoms with Crippen LogP contribution in [0.2, 0.25) is 0 Å². The van der Waals surface area contributed by atoms with E-state index in [1.807, 2.05) is 0 Å². The Balaban J connectivity index is 3.25. The first-order valence-corrected chi connectivity index (χ1v) is 4.62. The molecule has 0 aromatic carbocycles. The van der Waals surface area contributed by atoms with Gasteiger partial charge in [0.05, 0.1) is 0 Å². The molecule has 1 aromatic heterocycles. The van der Waals surface area contributed by atoms with Gasteiger partial charge >= 0.3 is 0 Å². The third-order valence-corrected chi connectivity index (χ3v) is 2.16. The average Bonchev–Trinajstić information content (AvgIpc) is 2.22. The number of nitrogen functional groups attached to an aromatic ring is 2. The molecule has 0 radical (unpaired) electrons. The number of anilines is 2. The molecule has 0 atom stereocenters. The Bertz CT molecular complexity index is 367. The molecule has 0 saturated heterocycles. The van der Waals surface area contributed by atoms with Crippen LogP contribution in [0, 0.1) is 0 Å². The van der Waals surface area contributed by atoms with Gasteiger partial charge in [-0.05, 0) is 0 Å². The van der Waals surface area contributed by atoms with Gasteiger partial charge in [-0.15, -0.1) is 0 Å². The number of aromatic amines is 1. The lowest BCUT2D eigenvalue weighted by Crippen LogP contribution is -2.21. The summed E-state index contributed by atoms with van der Waals surface area (Å²) in [5.41, 5.74) is 11.6. The molecule has 1 heterocycles. The molecule has 1 aromatic rings. The lowest BCUT2D eigenvalue weighted by molar-refractivity contribution is 0.295. The first-order chi connectivity index (χ1) is 7.11. The van der Waals surface area contributed by atoms with Crippen LogP contribution in [-0.2, 0) is 12.8 Å². The van der Waals surface area contributed by atoms with E-state index in [1.165, 1.54) is 0 Å². The Morgan fingerprint density at radius 3 is 1.73 bits per heavy atom. The number of nitrogens with two attached hydrogens (primary N) is 2. The predicted molar refractivity (Wildman–Crippen MR) is 57.5 cm³/mol. The summed E-state index contributed by atoms with van der Waals surface area (Å²) in [5, 5.41) is 17.5. The molecule has 0 amide bonds. The Kier molecular flexibility index (Phi) is 3.70. The fourth-order valence-electron chi connectivity index (χ4n) is 1.35. The molecule has 0 fully saturated rings. The molecule has 0 aliphatic heterocycles. The molecule has 6 nitrogen and oxygen atoms in total. The van der Waals surface area contributed by atoms with Crippen LogP contribution in [0.4, 0.5) is 11.4 Å². The number of aliphatic hydroxyl groups excluding tert-OH is 2. The van der Waals surface area contributed by atoms with Crippen LogP contribution >= 0.6 is 0 Å². The van der Waals surface area contributed by atoms with Crippen molar-refractivity contribution in [3.63, 3.8) is 0 Å². The standard InChI is InChI=1S/C9H15N3O3/c10-7-5(1-3-13)12-6(2-4-14)8(11)9(7)15/h13-14H,1-4,10-11H2,(H,12,15). The van der Waals surface area contributed by atoms with Crippen molar-refractivity contribution >= 4 is 11.4 Å². The number of hydrogen-bond acceptors (Lipinski definition) is 5. The second-order valence-electron chi connectivity index (χ2n) is 3.19. The minimum atomic E-state index is -0.444. The van der Waals surface area contributed by atoms with E-state index in [0.29, 0.717) is 11.4 Å². The molecule has 0 bridgehead atoms. The van der Waals surface area contributed by atoms with Crippen molar-refractivity contribution in [2.75, 3.05) is 24.7 Å². The number of pyridine rings is 1. The summed E-state index contributed by atoms with van der Waals surface area (Å²) in [6.07, 6.45) is 0.527. The number of hydrogen-bond donors (Lipinski definition) is 5. The highest BCUT2D eigenvalue weighted by molar-refractivity contribution is 5.56. The number of rotatable bonds is 4. The van der Waals surface area contributed by atoms with Gasteiger partial charge in [-0.3, -0.25) is 4.79 Å². The predicted octanol–water partition coefficient (Wildman–Crippen LogP) is -1.39. The van der Waals surface area contributed by atoms with Gasteiger partial charge < -0.3 is 26.7 Å². The number of aliphatic hydroxyl groups is 2. The van der Waals surface area contributed by atoms with Gasteiger partial charge in [-0.1, -0.05) is 0 Å². The zero-order valence-corrected chi connectivity index (χ0v) is 8.29. The third kappa shape index (κ3) is 2.28. The second-order valence-corrected chi connectivity index (χ2v) is 3.19. The van der Waals surface area contributed by atoms with E-state index in [9.17, 15) is 4.79 Å². The van der Waals surface area contributed by atoms with E-state index >= 15 is 0 Å². The van der Waals surface area contributed by atoms with Crippen LogP contribution in [-0.4, -0.2) is 28.4 Å². The first-order valence-electron chi connectivity index (χ1n) is 4.62. The van der Waals surface area contributed by atoms with Crippen LogP contribution in [0.3, 0.4) is 0 Å². The minimum absolute atomic E-state index is 0.0308. The molecule has 0 aliphatic carbocycles. The maximum atomic E-state index is 11.5. The van der Waals surface area contributed by atoms with Gasteiger partial charge in [-0.2, -0.15) is 0 Å². The fraction of sp³-hybridized carbons (Fsp3) is 0.444. The van der Waals surface area contributed by atoms with Crippen molar-refractivity contribution in [1.29, 1.82) is 0 Å². The van der Waals surface area contributed by atoms with Crippen LogP contribution < -0.4 is 16.9 Å². The Labute approximate surface area is 86.5 Å². The van der Waals surface area contributed by atoms with Crippen molar-refractivity contribution in [3.8, 4) is 0 Å². The summed E-state index contributed by atoms with van der Waals surface area (Å²) in [4.78, 5) is 14.4. The Morgan fingerprint density at radius 1 is 1.00 bits per heavy atom. The van der Waals surface area contributed by atoms with Gasteiger partial charge in [0.25, 0.3) is 0 Å². The third-order valence-electron chi connectivity index (χ3n) is 2.16. The minimum Gasteiger partial charge on any atom is -0.396 e. The Morgan fingerprint density at radius 2 is 1.40 bits per heavy atom. The number of H-pyrrole nitrogens is 1. The lowest BCUT2D eigenvalue weighted by atomic mass is 10.1. The summed E-state index contributed by atoms with van der Waals surface area (Å²) in [7, 11) is 0. The van der Waals surface area contributed by atoms with E-state index in [1.54, 1.807) is 0 Å². The van der Waals surface area contributed by atoms with Crippen LogP contribution in [0.1, 0.15) is 11.4 Å². The van der Waals surface area contributed by atoms with Gasteiger partial charge in [0.2, 0.25) is 5.43 Å². The van der Waals surface area contributed by atoms with Crippen molar-refractivity contribution in [2.45, 2.75) is 12.8 Å². The number of aromatic nitrogens is 1. The summed E-state index contributed by atoms with van der Waals surface area (Å²) in [6.45, 7) is -0.217. The van der Waals surface area contributed by atoms with E-state index in [-0.39, 0.29) is 37.4 Å². The zero-order valence-electron chi connectivity index (χ0n) is 8.29. The first kappa shape index (κ1) is 11.5. The molecular weight excluding hydrogens is 198 g/mol. The summed E-state index contributed by atoms with van der Waals surface area (Å²) in [5.74, 6) is 0. The highest BCUT2D eigenvalue weighted by Crippen LogP contribution is 2.11. The summed E-state index contributed by atoms with van der Waals surface area (Å²) in [6, 6.07) is 0. The van der Waals surface area contributed by atoms with Gasteiger partial charge in [0.15, 0.2) is 0 Å². The number of nitrogens with one attached hydrogen (secondary N) is 1. The van der Waals surface area contributed by atoms with Crippen LogP contribution in [0.15, 0.2) is 4.79 Å². The normalized spacial score (nSPS) is 10.5. The topological polar surface area (TPSA) is 125 Å². The smallest absolute Gasteiger partial charge is 0.227 e.